The Morgan fingerprint density at radius 3 is 2.43 bits per heavy atom. The Morgan fingerprint density at radius 1 is 1.00 bits per heavy atom. The molecule has 0 atom stereocenters. The zero-order chi connectivity index (χ0) is 20.1. The Balaban J connectivity index is 1.72. The van der Waals surface area contributed by atoms with E-state index in [1.807, 2.05) is 0 Å². The van der Waals surface area contributed by atoms with E-state index < -0.39 is 0 Å². The van der Waals surface area contributed by atoms with E-state index in [1.165, 1.54) is 13.2 Å². The van der Waals surface area contributed by atoms with Gasteiger partial charge in [0.2, 0.25) is 5.91 Å². The molecule has 0 saturated heterocycles. The highest BCUT2D eigenvalue weighted by Gasteiger charge is 2.09. The lowest BCUT2D eigenvalue weighted by molar-refractivity contribution is -0.111. The smallest absolute Gasteiger partial charge is 0.248 e. The van der Waals surface area contributed by atoms with Gasteiger partial charge in [-0.05, 0) is 48.5 Å². The minimum absolute atomic E-state index is 0.338. The first kappa shape index (κ1) is 19.9. The number of rotatable bonds is 6. The summed E-state index contributed by atoms with van der Waals surface area (Å²) in [5.74, 6) is 1.91. The zero-order valence-corrected chi connectivity index (χ0v) is 16.7. The molecule has 0 saturated carbocycles. The van der Waals surface area contributed by atoms with Gasteiger partial charge >= 0.3 is 0 Å². The fraction of sp³-hybridized carbons (Fsp3) is 0.0952. The van der Waals surface area contributed by atoms with Crippen molar-refractivity contribution in [1.29, 1.82) is 0 Å². The summed E-state index contributed by atoms with van der Waals surface area (Å²) in [5, 5.41) is 3.79. The van der Waals surface area contributed by atoms with Crippen LogP contribution >= 0.6 is 23.2 Å². The van der Waals surface area contributed by atoms with Gasteiger partial charge in [0.15, 0.2) is 0 Å². The molecule has 1 amide bonds. The lowest BCUT2D eigenvalue weighted by Crippen LogP contribution is -2.09. The monoisotopic (exact) mass is 417 g/mol. The highest BCUT2D eigenvalue weighted by atomic mass is 35.5. The van der Waals surface area contributed by atoms with Gasteiger partial charge in [0, 0.05) is 27.8 Å². The minimum atomic E-state index is -0.338. The molecule has 0 bridgehead atoms. The molecule has 0 aliphatic heterocycles. The number of hydrogen-bond donors (Lipinski definition) is 1. The van der Waals surface area contributed by atoms with Gasteiger partial charge < -0.3 is 19.2 Å². The topological polar surface area (TPSA) is 60.7 Å². The van der Waals surface area contributed by atoms with Crippen molar-refractivity contribution in [1.82, 2.24) is 0 Å². The summed E-state index contributed by atoms with van der Waals surface area (Å²) in [4.78, 5) is 12.2. The van der Waals surface area contributed by atoms with E-state index in [0.717, 1.165) is 5.56 Å². The molecule has 0 fully saturated rings. The summed E-state index contributed by atoms with van der Waals surface area (Å²) >= 11 is 12.0. The average molecular weight is 418 g/mol. The van der Waals surface area contributed by atoms with Crippen LogP contribution in [0.2, 0.25) is 10.0 Å². The van der Waals surface area contributed by atoms with Gasteiger partial charge in [-0.15, -0.1) is 0 Å². The summed E-state index contributed by atoms with van der Waals surface area (Å²) in [7, 11) is 3.08. The Labute approximate surface area is 172 Å². The lowest BCUT2D eigenvalue weighted by atomic mass is 10.2. The predicted molar refractivity (Wildman–Crippen MR) is 111 cm³/mol. The summed E-state index contributed by atoms with van der Waals surface area (Å²) < 4.78 is 16.1. The van der Waals surface area contributed by atoms with Crippen LogP contribution in [0.25, 0.3) is 17.4 Å². The van der Waals surface area contributed by atoms with Crippen molar-refractivity contribution in [2.45, 2.75) is 0 Å². The molecular formula is C21H17Cl2NO4. The predicted octanol–water partition coefficient (Wildman–Crippen LogP) is 5.92. The molecule has 0 aliphatic carbocycles. The molecule has 144 valence electrons. The van der Waals surface area contributed by atoms with Crippen molar-refractivity contribution in [3.8, 4) is 22.8 Å². The fourth-order valence-electron chi connectivity index (χ4n) is 2.54. The van der Waals surface area contributed by atoms with Crippen LogP contribution in [0.4, 0.5) is 5.69 Å². The third-order valence-electron chi connectivity index (χ3n) is 3.84. The number of methoxy groups -OCH3 is 2. The largest absolute Gasteiger partial charge is 0.497 e. The van der Waals surface area contributed by atoms with E-state index in [4.69, 9.17) is 37.1 Å². The van der Waals surface area contributed by atoms with Gasteiger partial charge in [-0.25, -0.2) is 0 Å². The van der Waals surface area contributed by atoms with Gasteiger partial charge in [0.1, 0.15) is 23.0 Å². The van der Waals surface area contributed by atoms with Crippen LogP contribution in [0.15, 0.2) is 59.0 Å². The summed E-state index contributed by atoms with van der Waals surface area (Å²) in [6.45, 7) is 0. The number of hydrogen-bond acceptors (Lipinski definition) is 4. The van der Waals surface area contributed by atoms with Crippen molar-refractivity contribution in [2.75, 3.05) is 19.5 Å². The van der Waals surface area contributed by atoms with Crippen molar-refractivity contribution < 1.29 is 18.7 Å². The Hall–Kier alpha value is -2.89. The zero-order valence-electron chi connectivity index (χ0n) is 15.2. The first-order chi connectivity index (χ1) is 13.5. The first-order valence-electron chi connectivity index (χ1n) is 8.26. The molecule has 28 heavy (non-hydrogen) atoms. The second-order valence-corrected chi connectivity index (χ2v) is 6.62. The molecule has 0 radical (unpaired) electrons. The van der Waals surface area contributed by atoms with E-state index >= 15 is 0 Å². The number of amides is 1. The van der Waals surface area contributed by atoms with Crippen molar-refractivity contribution >= 4 is 40.9 Å². The second-order valence-electron chi connectivity index (χ2n) is 5.75. The van der Waals surface area contributed by atoms with Crippen molar-refractivity contribution in [2.24, 2.45) is 0 Å². The fourth-order valence-corrected chi connectivity index (χ4v) is 3.06. The highest BCUT2D eigenvalue weighted by molar-refractivity contribution is 6.35. The van der Waals surface area contributed by atoms with Gasteiger partial charge in [0.05, 0.1) is 19.9 Å². The van der Waals surface area contributed by atoms with E-state index in [-0.39, 0.29) is 5.91 Å². The maximum atomic E-state index is 12.2. The molecule has 3 aromatic rings. The maximum Gasteiger partial charge on any atom is 0.248 e. The van der Waals surface area contributed by atoms with E-state index in [0.29, 0.717) is 38.8 Å². The summed E-state index contributed by atoms with van der Waals surface area (Å²) in [5.41, 5.74) is 1.26. The Kier molecular flexibility index (Phi) is 6.29. The number of halogens is 2. The molecule has 5 nitrogen and oxygen atoms in total. The Bertz CT molecular complexity index is 1010. The van der Waals surface area contributed by atoms with Crippen LogP contribution in [0, 0.1) is 0 Å². The molecule has 2 aromatic carbocycles. The third kappa shape index (κ3) is 4.88. The normalized spacial score (nSPS) is 10.9. The van der Waals surface area contributed by atoms with Crippen LogP contribution in [0.5, 0.6) is 11.5 Å². The van der Waals surface area contributed by atoms with Gasteiger partial charge in [-0.2, -0.15) is 0 Å². The first-order valence-corrected chi connectivity index (χ1v) is 9.01. The second kappa shape index (κ2) is 8.87. The minimum Gasteiger partial charge on any atom is -0.497 e. The number of carbonyl (C=O) groups is 1. The van der Waals surface area contributed by atoms with E-state index in [9.17, 15) is 4.79 Å². The third-order valence-corrected chi connectivity index (χ3v) is 4.27. The number of carbonyl (C=O) groups excluding carboxylic acids is 1. The number of benzene rings is 2. The molecule has 0 aliphatic rings. The van der Waals surface area contributed by atoms with E-state index in [2.05, 4.69) is 5.32 Å². The molecular weight excluding hydrogens is 401 g/mol. The van der Waals surface area contributed by atoms with Crippen LogP contribution in [-0.4, -0.2) is 20.1 Å². The van der Waals surface area contributed by atoms with E-state index in [1.54, 1.807) is 61.7 Å². The van der Waals surface area contributed by atoms with Crippen molar-refractivity contribution in [3.05, 3.63) is 70.4 Å². The SMILES string of the molecule is COc1ccc(OC)c(NC(=O)C=Cc2ccc(-c3cc(Cl)cc(Cl)c3)o2)c1. The van der Waals surface area contributed by atoms with Gasteiger partial charge in [0.25, 0.3) is 0 Å². The number of ether oxygens (including phenoxy) is 2. The number of nitrogens with one attached hydrogen (secondary N) is 1. The van der Waals surface area contributed by atoms with Gasteiger partial charge in [-0.3, -0.25) is 4.79 Å². The molecule has 0 spiro atoms. The van der Waals surface area contributed by atoms with Crippen molar-refractivity contribution in [3.63, 3.8) is 0 Å². The molecule has 0 unspecified atom stereocenters. The highest BCUT2D eigenvalue weighted by Crippen LogP contribution is 2.30. The van der Waals surface area contributed by atoms with Crippen LogP contribution in [0.3, 0.4) is 0 Å². The van der Waals surface area contributed by atoms with Gasteiger partial charge in [-0.1, -0.05) is 23.2 Å². The van der Waals surface area contributed by atoms with Crippen LogP contribution in [0.1, 0.15) is 5.76 Å². The summed E-state index contributed by atoms with van der Waals surface area (Å²) in [6.07, 6.45) is 2.93. The quantitative estimate of drug-likeness (QED) is 0.505. The molecule has 7 heteroatoms. The molecule has 1 heterocycles. The van der Waals surface area contributed by atoms with Crippen LogP contribution < -0.4 is 14.8 Å². The molecule has 1 aromatic heterocycles. The molecule has 1 N–H and O–H groups in total. The standard InChI is InChI=1S/C21H17Cl2NO4/c1-26-17-4-7-20(27-2)18(12-17)24-21(25)8-5-16-3-6-19(28-16)13-9-14(22)11-15(23)10-13/h3-12H,1-2H3,(H,24,25). The molecule has 3 rings (SSSR count). The lowest BCUT2D eigenvalue weighted by Gasteiger charge is -2.10. The average Bonchev–Trinajstić information content (AvgIpc) is 3.14. The number of furan rings is 1. The van der Waals surface area contributed by atoms with Crippen LogP contribution in [-0.2, 0) is 4.79 Å². The Morgan fingerprint density at radius 2 is 1.75 bits per heavy atom. The maximum absolute atomic E-state index is 12.2. The number of anilines is 1. The summed E-state index contributed by atoms with van der Waals surface area (Å²) in [6, 6.07) is 13.8.